The van der Waals surface area contributed by atoms with Gasteiger partial charge >= 0.3 is 0 Å². The first kappa shape index (κ1) is 13.2. The average molecular weight is 273 g/mol. The number of aromatic nitrogens is 4. The van der Waals surface area contributed by atoms with E-state index in [0.717, 1.165) is 50.7 Å². The molecule has 3 rings (SSSR count). The molecule has 0 bridgehead atoms. The normalized spacial score (nSPS) is 20.7. The summed E-state index contributed by atoms with van der Waals surface area (Å²) in [7, 11) is 0. The fraction of sp³-hybridized carbons (Fsp3) is 0.500. The molecule has 1 atom stereocenters. The number of H-pyrrole nitrogens is 1. The maximum absolute atomic E-state index is 5.71. The molecule has 0 aliphatic carbocycles. The zero-order valence-corrected chi connectivity index (χ0v) is 11.4. The fourth-order valence-electron chi connectivity index (χ4n) is 2.56. The lowest BCUT2D eigenvalue weighted by molar-refractivity contribution is 0.121. The Balaban J connectivity index is 1.60. The summed E-state index contributed by atoms with van der Waals surface area (Å²) < 4.78 is 5.71. The second-order valence-electron chi connectivity index (χ2n) is 5.15. The largest absolute Gasteiger partial charge is 0.380 e. The van der Waals surface area contributed by atoms with Crippen LogP contribution >= 0.6 is 0 Å². The molecule has 0 radical (unpaired) electrons. The Labute approximate surface area is 118 Å². The van der Waals surface area contributed by atoms with Gasteiger partial charge in [0.15, 0.2) is 0 Å². The zero-order chi connectivity index (χ0) is 13.6. The maximum Gasteiger partial charge on any atom is 0.0922 e. The number of hydrogen-bond donors (Lipinski definition) is 1. The molecule has 1 saturated heterocycles. The van der Waals surface area contributed by atoms with Gasteiger partial charge in [-0.15, -0.1) is 0 Å². The van der Waals surface area contributed by atoms with E-state index >= 15 is 0 Å². The topological polar surface area (TPSA) is 66.9 Å². The van der Waals surface area contributed by atoms with Crippen LogP contribution in [-0.4, -0.2) is 51.1 Å². The Hall–Kier alpha value is -1.79. The Morgan fingerprint density at radius 3 is 3.10 bits per heavy atom. The molecule has 0 amide bonds. The third-order valence-electron chi connectivity index (χ3n) is 3.49. The Bertz CT molecular complexity index is 502. The van der Waals surface area contributed by atoms with Crippen molar-refractivity contribution in [3.8, 4) is 0 Å². The summed E-state index contributed by atoms with van der Waals surface area (Å²) in [6, 6.07) is 0. The van der Waals surface area contributed by atoms with Gasteiger partial charge in [0.2, 0.25) is 0 Å². The first-order valence-corrected chi connectivity index (χ1v) is 6.92. The Kier molecular flexibility index (Phi) is 4.35. The van der Waals surface area contributed by atoms with Crippen LogP contribution in [0.15, 0.2) is 31.1 Å². The highest BCUT2D eigenvalue weighted by Gasteiger charge is 2.20. The van der Waals surface area contributed by atoms with Crippen molar-refractivity contribution in [2.45, 2.75) is 13.0 Å². The SMILES string of the molecule is c1cnc(C[C@H]2COCCN(Cc3cnc[nH]3)C2)cn1. The summed E-state index contributed by atoms with van der Waals surface area (Å²) in [6.45, 7) is 4.42. The number of imidazole rings is 1. The molecule has 6 nitrogen and oxygen atoms in total. The Morgan fingerprint density at radius 1 is 1.30 bits per heavy atom. The van der Waals surface area contributed by atoms with Crippen molar-refractivity contribution in [2.24, 2.45) is 5.92 Å². The summed E-state index contributed by atoms with van der Waals surface area (Å²) in [6.07, 6.45) is 9.80. The second kappa shape index (κ2) is 6.58. The number of aromatic amines is 1. The van der Waals surface area contributed by atoms with Gasteiger partial charge in [0.25, 0.3) is 0 Å². The summed E-state index contributed by atoms with van der Waals surface area (Å²) in [4.78, 5) is 18.1. The molecule has 2 aromatic heterocycles. The zero-order valence-electron chi connectivity index (χ0n) is 11.4. The van der Waals surface area contributed by atoms with Crippen LogP contribution in [0, 0.1) is 5.92 Å². The molecule has 0 saturated carbocycles. The van der Waals surface area contributed by atoms with E-state index in [1.54, 1.807) is 18.7 Å². The average Bonchev–Trinajstić information content (AvgIpc) is 2.87. The van der Waals surface area contributed by atoms with Crippen LogP contribution in [0.25, 0.3) is 0 Å². The van der Waals surface area contributed by atoms with Gasteiger partial charge in [-0.3, -0.25) is 14.9 Å². The molecule has 1 N–H and O–H groups in total. The summed E-state index contributed by atoms with van der Waals surface area (Å²) in [5, 5.41) is 0. The smallest absolute Gasteiger partial charge is 0.0922 e. The Morgan fingerprint density at radius 2 is 2.30 bits per heavy atom. The van der Waals surface area contributed by atoms with Gasteiger partial charge < -0.3 is 9.72 Å². The molecular weight excluding hydrogens is 254 g/mol. The predicted octanol–water partition coefficient (Wildman–Crippen LogP) is 0.891. The molecule has 2 aromatic rings. The van der Waals surface area contributed by atoms with Crippen LogP contribution < -0.4 is 0 Å². The van der Waals surface area contributed by atoms with E-state index < -0.39 is 0 Å². The highest BCUT2D eigenvalue weighted by Crippen LogP contribution is 2.13. The van der Waals surface area contributed by atoms with Gasteiger partial charge in [-0.2, -0.15) is 0 Å². The molecular formula is C14H19N5O. The van der Waals surface area contributed by atoms with Crippen molar-refractivity contribution in [1.29, 1.82) is 0 Å². The number of hydrogen-bond acceptors (Lipinski definition) is 5. The van der Waals surface area contributed by atoms with E-state index in [1.807, 2.05) is 12.4 Å². The third kappa shape index (κ3) is 3.61. The number of nitrogens with one attached hydrogen (secondary N) is 1. The lowest BCUT2D eigenvalue weighted by Crippen LogP contribution is -2.30. The van der Waals surface area contributed by atoms with Gasteiger partial charge in [-0.25, -0.2) is 4.98 Å². The summed E-state index contributed by atoms with van der Waals surface area (Å²) in [5.74, 6) is 0.456. The molecule has 1 aliphatic rings. The van der Waals surface area contributed by atoms with Gasteiger partial charge in [0.05, 0.1) is 25.2 Å². The van der Waals surface area contributed by atoms with E-state index in [-0.39, 0.29) is 0 Å². The van der Waals surface area contributed by atoms with E-state index in [0.29, 0.717) is 5.92 Å². The molecule has 6 heteroatoms. The van der Waals surface area contributed by atoms with Crippen LogP contribution in [0.5, 0.6) is 0 Å². The minimum absolute atomic E-state index is 0.456. The maximum atomic E-state index is 5.71. The molecule has 1 aliphatic heterocycles. The van der Waals surface area contributed by atoms with Gasteiger partial charge in [-0.1, -0.05) is 0 Å². The van der Waals surface area contributed by atoms with Crippen molar-refractivity contribution in [3.05, 3.63) is 42.5 Å². The highest BCUT2D eigenvalue weighted by atomic mass is 16.5. The monoisotopic (exact) mass is 273 g/mol. The highest BCUT2D eigenvalue weighted by molar-refractivity contribution is 4.98. The molecule has 20 heavy (non-hydrogen) atoms. The quantitative estimate of drug-likeness (QED) is 0.896. The predicted molar refractivity (Wildman–Crippen MR) is 73.9 cm³/mol. The van der Waals surface area contributed by atoms with Crippen molar-refractivity contribution in [3.63, 3.8) is 0 Å². The van der Waals surface area contributed by atoms with Gasteiger partial charge in [-0.05, 0) is 6.42 Å². The standard InChI is InChI=1S/C14H19N5O/c1-2-17-13(6-15-1)5-12-8-19(3-4-20-10-12)9-14-7-16-11-18-14/h1-2,6-7,11-12H,3-5,8-10H2,(H,16,18)/t12-/m1/s1. The molecule has 1 fully saturated rings. The van der Waals surface area contributed by atoms with Crippen LogP contribution in [0.4, 0.5) is 0 Å². The van der Waals surface area contributed by atoms with Crippen LogP contribution in [0.3, 0.4) is 0 Å². The van der Waals surface area contributed by atoms with Crippen molar-refractivity contribution in [1.82, 2.24) is 24.8 Å². The second-order valence-corrected chi connectivity index (χ2v) is 5.15. The van der Waals surface area contributed by atoms with E-state index in [9.17, 15) is 0 Å². The summed E-state index contributed by atoms with van der Waals surface area (Å²) in [5.41, 5.74) is 2.18. The number of nitrogens with zero attached hydrogens (tertiary/aromatic N) is 4. The van der Waals surface area contributed by atoms with E-state index in [1.165, 1.54) is 0 Å². The van der Waals surface area contributed by atoms with E-state index in [4.69, 9.17) is 4.74 Å². The molecule has 106 valence electrons. The lowest BCUT2D eigenvalue weighted by atomic mass is 10.0. The van der Waals surface area contributed by atoms with Crippen molar-refractivity contribution in [2.75, 3.05) is 26.3 Å². The lowest BCUT2D eigenvalue weighted by Gasteiger charge is -2.22. The summed E-state index contributed by atoms with van der Waals surface area (Å²) >= 11 is 0. The van der Waals surface area contributed by atoms with Crippen LogP contribution in [-0.2, 0) is 17.7 Å². The molecule has 3 heterocycles. The fourth-order valence-corrected chi connectivity index (χ4v) is 2.56. The first-order chi connectivity index (χ1) is 9.90. The molecule has 0 unspecified atom stereocenters. The molecule has 0 spiro atoms. The van der Waals surface area contributed by atoms with Crippen molar-refractivity contribution >= 4 is 0 Å². The number of rotatable bonds is 4. The van der Waals surface area contributed by atoms with Gasteiger partial charge in [0.1, 0.15) is 0 Å². The van der Waals surface area contributed by atoms with Gasteiger partial charge in [0, 0.05) is 56.0 Å². The van der Waals surface area contributed by atoms with Crippen molar-refractivity contribution < 1.29 is 4.74 Å². The molecule has 0 aromatic carbocycles. The van der Waals surface area contributed by atoms with Crippen LogP contribution in [0.2, 0.25) is 0 Å². The van der Waals surface area contributed by atoms with Crippen LogP contribution in [0.1, 0.15) is 11.4 Å². The minimum atomic E-state index is 0.456. The third-order valence-corrected chi connectivity index (χ3v) is 3.49. The first-order valence-electron chi connectivity index (χ1n) is 6.92. The minimum Gasteiger partial charge on any atom is -0.380 e. The van der Waals surface area contributed by atoms with E-state index in [2.05, 4.69) is 24.8 Å². The number of ether oxygens (including phenoxy) is 1.